The van der Waals surface area contributed by atoms with Crippen molar-refractivity contribution < 1.29 is 14.6 Å². The molecule has 2 aromatic rings. The summed E-state index contributed by atoms with van der Waals surface area (Å²) in [4.78, 5) is 15.0. The summed E-state index contributed by atoms with van der Waals surface area (Å²) >= 11 is 0. The lowest BCUT2D eigenvalue weighted by Gasteiger charge is -2.06. The molecule has 1 aromatic heterocycles. The van der Waals surface area contributed by atoms with Gasteiger partial charge in [0, 0.05) is 11.8 Å². The van der Waals surface area contributed by atoms with Crippen LogP contribution in [0.25, 0.3) is 11.1 Å². The van der Waals surface area contributed by atoms with Crippen LogP contribution in [0.15, 0.2) is 42.6 Å². The van der Waals surface area contributed by atoms with Crippen LogP contribution in [0.3, 0.4) is 0 Å². The van der Waals surface area contributed by atoms with Gasteiger partial charge in [0.25, 0.3) is 0 Å². The second-order valence-electron chi connectivity index (χ2n) is 3.45. The molecular formula is C13H11NO3. The van der Waals surface area contributed by atoms with Gasteiger partial charge in [0.1, 0.15) is 5.56 Å². The monoisotopic (exact) mass is 229 g/mol. The molecule has 0 spiro atoms. The Morgan fingerprint density at radius 3 is 2.53 bits per heavy atom. The minimum Gasteiger partial charge on any atom is -0.480 e. The fourth-order valence-corrected chi connectivity index (χ4v) is 1.56. The quantitative estimate of drug-likeness (QED) is 0.878. The van der Waals surface area contributed by atoms with Crippen LogP contribution in [0.4, 0.5) is 0 Å². The van der Waals surface area contributed by atoms with Crippen LogP contribution in [0.2, 0.25) is 0 Å². The second kappa shape index (κ2) is 4.65. The Labute approximate surface area is 98.5 Å². The maximum absolute atomic E-state index is 11.0. The molecule has 0 aliphatic carbocycles. The number of aromatic carboxylic acids is 1. The maximum atomic E-state index is 11.0. The van der Waals surface area contributed by atoms with Crippen LogP contribution in [0.5, 0.6) is 5.88 Å². The molecule has 1 aromatic carbocycles. The first kappa shape index (κ1) is 11.1. The van der Waals surface area contributed by atoms with Crippen molar-refractivity contribution in [2.24, 2.45) is 0 Å². The normalized spacial score (nSPS) is 9.94. The van der Waals surface area contributed by atoms with Gasteiger partial charge in [0.2, 0.25) is 5.88 Å². The lowest BCUT2D eigenvalue weighted by molar-refractivity contribution is 0.0692. The van der Waals surface area contributed by atoms with Gasteiger partial charge in [0.05, 0.1) is 7.11 Å². The van der Waals surface area contributed by atoms with E-state index in [1.807, 2.05) is 30.3 Å². The summed E-state index contributed by atoms with van der Waals surface area (Å²) in [7, 11) is 1.40. The number of rotatable bonds is 3. The molecule has 0 saturated carbocycles. The van der Waals surface area contributed by atoms with Gasteiger partial charge in [-0.05, 0) is 11.6 Å². The van der Waals surface area contributed by atoms with Gasteiger partial charge >= 0.3 is 5.97 Å². The molecule has 0 saturated heterocycles. The van der Waals surface area contributed by atoms with Gasteiger partial charge in [-0.2, -0.15) is 0 Å². The first-order chi connectivity index (χ1) is 8.22. The summed E-state index contributed by atoms with van der Waals surface area (Å²) in [6, 6.07) is 11.0. The smallest absolute Gasteiger partial charge is 0.341 e. The molecule has 4 heteroatoms. The standard InChI is InChI=1S/C13H11NO3/c1-17-12-11(13(15)16)7-10(8-14-12)9-5-3-2-4-6-9/h2-8H,1H3,(H,15,16). The van der Waals surface area contributed by atoms with E-state index in [2.05, 4.69) is 4.98 Å². The Hall–Kier alpha value is -2.36. The number of nitrogens with zero attached hydrogens (tertiary/aromatic N) is 1. The van der Waals surface area contributed by atoms with Crippen molar-refractivity contribution in [3.63, 3.8) is 0 Å². The van der Waals surface area contributed by atoms with E-state index in [4.69, 9.17) is 9.84 Å². The summed E-state index contributed by atoms with van der Waals surface area (Å²) in [6.07, 6.45) is 1.60. The van der Waals surface area contributed by atoms with E-state index in [0.29, 0.717) is 0 Å². The molecule has 1 heterocycles. The van der Waals surface area contributed by atoms with Gasteiger partial charge in [-0.1, -0.05) is 30.3 Å². The highest BCUT2D eigenvalue weighted by Crippen LogP contribution is 2.23. The Morgan fingerprint density at radius 1 is 1.24 bits per heavy atom. The van der Waals surface area contributed by atoms with Crippen molar-refractivity contribution in [1.29, 1.82) is 0 Å². The summed E-state index contributed by atoms with van der Waals surface area (Å²) in [5.74, 6) is -0.927. The average Bonchev–Trinajstić information content (AvgIpc) is 2.39. The van der Waals surface area contributed by atoms with Crippen LogP contribution in [-0.2, 0) is 0 Å². The van der Waals surface area contributed by atoms with Crippen molar-refractivity contribution in [2.75, 3.05) is 7.11 Å². The van der Waals surface area contributed by atoms with Gasteiger partial charge in [-0.3, -0.25) is 0 Å². The number of methoxy groups -OCH3 is 1. The Balaban J connectivity index is 2.51. The third-order valence-electron chi connectivity index (χ3n) is 2.38. The number of aromatic nitrogens is 1. The van der Waals surface area contributed by atoms with Gasteiger partial charge < -0.3 is 9.84 Å². The molecule has 2 rings (SSSR count). The molecule has 0 aliphatic heterocycles. The van der Waals surface area contributed by atoms with Crippen LogP contribution >= 0.6 is 0 Å². The lowest BCUT2D eigenvalue weighted by Crippen LogP contribution is -2.02. The number of ether oxygens (including phenoxy) is 1. The molecule has 4 nitrogen and oxygen atoms in total. The maximum Gasteiger partial charge on any atom is 0.341 e. The largest absolute Gasteiger partial charge is 0.480 e. The zero-order valence-electron chi connectivity index (χ0n) is 9.25. The van der Waals surface area contributed by atoms with E-state index in [-0.39, 0.29) is 11.4 Å². The molecule has 0 bridgehead atoms. The van der Waals surface area contributed by atoms with E-state index < -0.39 is 5.97 Å². The number of pyridine rings is 1. The SMILES string of the molecule is COc1ncc(-c2ccccc2)cc1C(=O)O. The Kier molecular flexibility index (Phi) is 3.05. The summed E-state index contributed by atoms with van der Waals surface area (Å²) in [6.45, 7) is 0. The van der Waals surface area contributed by atoms with Gasteiger partial charge in [0.15, 0.2) is 0 Å². The predicted molar refractivity (Wildman–Crippen MR) is 63.2 cm³/mol. The molecule has 0 fully saturated rings. The molecule has 0 unspecified atom stereocenters. The lowest BCUT2D eigenvalue weighted by atomic mass is 10.1. The molecule has 17 heavy (non-hydrogen) atoms. The molecule has 1 N–H and O–H groups in total. The van der Waals surface area contributed by atoms with Crippen molar-refractivity contribution in [3.8, 4) is 17.0 Å². The van der Waals surface area contributed by atoms with Crippen LogP contribution in [0.1, 0.15) is 10.4 Å². The fraction of sp³-hybridized carbons (Fsp3) is 0.0769. The van der Waals surface area contributed by atoms with E-state index in [1.54, 1.807) is 12.3 Å². The number of carboxylic acid groups (broad SMARTS) is 1. The van der Waals surface area contributed by atoms with Crippen LogP contribution < -0.4 is 4.74 Å². The molecule has 0 radical (unpaired) electrons. The minimum atomic E-state index is -1.05. The summed E-state index contributed by atoms with van der Waals surface area (Å²) < 4.78 is 4.91. The summed E-state index contributed by atoms with van der Waals surface area (Å²) in [5, 5.41) is 9.05. The molecule has 0 atom stereocenters. The molecule has 0 aliphatic rings. The predicted octanol–water partition coefficient (Wildman–Crippen LogP) is 2.46. The first-order valence-electron chi connectivity index (χ1n) is 5.05. The second-order valence-corrected chi connectivity index (χ2v) is 3.45. The van der Waals surface area contributed by atoms with Crippen molar-refractivity contribution >= 4 is 5.97 Å². The van der Waals surface area contributed by atoms with Crippen molar-refractivity contribution in [1.82, 2.24) is 4.98 Å². The third kappa shape index (κ3) is 2.25. The third-order valence-corrected chi connectivity index (χ3v) is 2.38. The van der Waals surface area contributed by atoms with Crippen molar-refractivity contribution in [3.05, 3.63) is 48.2 Å². The number of hydrogen-bond acceptors (Lipinski definition) is 3. The average molecular weight is 229 g/mol. The minimum absolute atomic E-state index is 0.0638. The topological polar surface area (TPSA) is 59.4 Å². The van der Waals surface area contributed by atoms with Gasteiger partial charge in [-0.25, -0.2) is 9.78 Å². The van der Waals surface area contributed by atoms with Crippen LogP contribution in [0, 0.1) is 0 Å². The zero-order chi connectivity index (χ0) is 12.3. The van der Waals surface area contributed by atoms with E-state index in [0.717, 1.165) is 11.1 Å². The number of carboxylic acids is 1. The van der Waals surface area contributed by atoms with E-state index >= 15 is 0 Å². The van der Waals surface area contributed by atoms with Crippen molar-refractivity contribution in [2.45, 2.75) is 0 Å². The van der Waals surface area contributed by atoms with Crippen LogP contribution in [-0.4, -0.2) is 23.2 Å². The van der Waals surface area contributed by atoms with E-state index in [9.17, 15) is 4.79 Å². The summed E-state index contributed by atoms with van der Waals surface area (Å²) in [5.41, 5.74) is 1.74. The fourth-order valence-electron chi connectivity index (χ4n) is 1.56. The van der Waals surface area contributed by atoms with E-state index in [1.165, 1.54) is 7.11 Å². The number of benzene rings is 1. The van der Waals surface area contributed by atoms with Gasteiger partial charge in [-0.15, -0.1) is 0 Å². The first-order valence-corrected chi connectivity index (χ1v) is 5.05. The molecule has 86 valence electrons. The highest BCUT2D eigenvalue weighted by atomic mass is 16.5. The number of hydrogen-bond donors (Lipinski definition) is 1. The highest BCUT2D eigenvalue weighted by Gasteiger charge is 2.13. The Bertz CT molecular complexity index is 538. The zero-order valence-corrected chi connectivity index (χ0v) is 9.25. The molecule has 0 amide bonds. The molecular weight excluding hydrogens is 218 g/mol. The number of carbonyl (C=O) groups is 1. The Morgan fingerprint density at radius 2 is 1.94 bits per heavy atom. The highest BCUT2D eigenvalue weighted by molar-refractivity contribution is 5.91.